The highest BCUT2D eigenvalue weighted by Gasteiger charge is 2.18. The SMILES string of the molecule is CCOc1ccc(C(=O)NCC(=O)N(C)Cc2ccccc2N2CCOCC2)cc1OCC. The first-order chi connectivity index (χ1) is 16.0. The summed E-state index contributed by atoms with van der Waals surface area (Å²) in [6, 6.07) is 13.1. The number of morpholine rings is 1. The Balaban J connectivity index is 1.59. The number of nitrogens with one attached hydrogen (secondary N) is 1. The maximum atomic E-state index is 12.7. The van der Waals surface area contributed by atoms with E-state index in [-0.39, 0.29) is 18.4 Å². The fourth-order valence-corrected chi connectivity index (χ4v) is 3.69. The van der Waals surface area contributed by atoms with Gasteiger partial charge in [-0.15, -0.1) is 0 Å². The minimum atomic E-state index is -0.338. The number of hydrogen-bond donors (Lipinski definition) is 1. The first-order valence-electron chi connectivity index (χ1n) is 11.4. The fourth-order valence-electron chi connectivity index (χ4n) is 3.69. The normalized spacial score (nSPS) is 13.4. The lowest BCUT2D eigenvalue weighted by Gasteiger charge is -2.31. The summed E-state index contributed by atoms with van der Waals surface area (Å²) in [4.78, 5) is 29.2. The van der Waals surface area contributed by atoms with Gasteiger partial charge >= 0.3 is 0 Å². The van der Waals surface area contributed by atoms with Crippen molar-refractivity contribution in [1.82, 2.24) is 10.2 Å². The van der Waals surface area contributed by atoms with Gasteiger partial charge in [0.05, 0.1) is 33.0 Å². The molecule has 1 fully saturated rings. The molecule has 0 aliphatic carbocycles. The summed E-state index contributed by atoms with van der Waals surface area (Å²) in [6.45, 7) is 8.14. The van der Waals surface area contributed by atoms with E-state index in [0.717, 1.165) is 24.3 Å². The van der Waals surface area contributed by atoms with Crippen LogP contribution in [0.1, 0.15) is 29.8 Å². The van der Waals surface area contributed by atoms with Gasteiger partial charge in [-0.25, -0.2) is 0 Å². The predicted octanol–water partition coefficient (Wildman–Crippen LogP) is 2.71. The number of rotatable bonds is 10. The second-order valence-corrected chi connectivity index (χ2v) is 7.69. The van der Waals surface area contributed by atoms with Crippen LogP contribution in [0.3, 0.4) is 0 Å². The first-order valence-corrected chi connectivity index (χ1v) is 11.4. The number of nitrogens with zero attached hydrogens (tertiary/aromatic N) is 2. The molecule has 3 rings (SSSR count). The topological polar surface area (TPSA) is 80.3 Å². The monoisotopic (exact) mass is 455 g/mol. The zero-order valence-electron chi connectivity index (χ0n) is 19.6. The number of benzene rings is 2. The first kappa shape index (κ1) is 24.4. The maximum absolute atomic E-state index is 12.7. The summed E-state index contributed by atoms with van der Waals surface area (Å²) in [5.41, 5.74) is 2.59. The molecule has 1 saturated heterocycles. The lowest BCUT2D eigenvalue weighted by Crippen LogP contribution is -2.39. The molecular weight excluding hydrogens is 422 g/mol. The molecule has 1 aliphatic heterocycles. The molecule has 1 heterocycles. The minimum Gasteiger partial charge on any atom is -0.490 e. The molecule has 2 amide bonds. The smallest absolute Gasteiger partial charge is 0.251 e. The van der Waals surface area contributed by atoms with E-state index in [9.17, 15) is 9.59 Å². The van der Waals surface area contributed by atoms with E-state index in [1.165, 1.54) is 0 Å². The summed E-state index contributed by atoms with van der Waals surface area (Å²) < 4.78 is 16.6. The molecule has 8 nitrogen and oxygen atoms in total. The van der Waals surface area contributed by atoms with E-state index >= 15 is 0 Å². The second kappa shape index (κ2) is 12.1. The van der Waals surface area contributed by atoms with Crippen LogP contribution in [0.5, 0.6) is 11.5 Å². The Kier molecular flexibility index (Phi) is 8.95. The van der Waals surface area contributed by atoms with E-state index in [2.05, 4.69) is 16.3 Å². The van der Waals surface area contributed by atoms with Gasteiger partial charge in [0, 0.05) is 37.9 Å². The zero-order valence-corrected chi connectivity index (χ0v) is 19.6. The van der Waals surface area contributed by atoms with E-state index in [0.29, 0.717) is 50.0 Å². The van der Waals surface area contributed by atoms with Crippen molar-refractivity contribution in [2.75, 3.05) is 58.0 Å². The Morgan fingerprint density at radius 2 is 1.73 bits per heavy atom. The van der Waals surface area contributed by atoms with Crippen molar-refractivity contribution in [3.05, 3.63) is 53.6 Å². The summed E-state index contributed by atoms with van der Waals surface area (Å²) >= 11 is 0. The molecule has 1 N–H and O–H groups in total. The second-order valence-electron chi connectivity index (χ2n) is 7.69. The third-order valence-corrected chi connectivity index (χ3v) is 5.38. The van der Waals surface area contributed by atoms with E-state index < -0.39 is 0 Å². The van der Waals surface area contributed by atoms with Crippen LogP contribution in [0.2, 0.25) is 0 Å². The van der Waals surface area contributed by atoms with Crippen LogP contribution in [-0.4, -0.2) is 69.8 Å². The Morgan fingerprint density at radius 1 is 1.03 bits per heavy atom. The molecule has 178 valence electrons. The van der Waals surface area contributed by atoms with Crippen LogP contribution >= 0.6 is 0 Å². The molecule has 1 aliphatic rings. The van der Waals surface area contributed by atoms with Crippen molar-refractivity contribution < 1.29 is 23.8 Å². The standard InChI is InChI=1S/C25H33N3O5/c1-4-32-22-11-10-19(16-23(22)33-5-2)25(30)26-17-24(29)27(3)18-20-8-6-7-9-21(20)28-12-14-31-15-13-28/h6-11,16H,4-5,12-15,17-18H2,1-3H3,(H,26,30). The van der Waals surface area contributed by atoms with Crippen LogP contribution in [0, 0.1) is 0 Å². The van der Waals surface area contributed by atoms with E-state index in [1.807, 2.05) is 32.0 Å². The molecule has 8 heteroatoms. The third-order valence-electron chi connectivity index (χ3n) is 5.38. The number of likely N-dealkylation sites (N-methyl/N-ethyl adjacent to an activating group) is 1. The number of ether oxygens (including phenoxy) is 3. The van der Waals surface area contributed by atoms with Crippen molar-refractivity contribution in [3.8, 4) is 11.5 Å². The number of amides is 2. The molecule has 0 spiro atoms. The third kappa shape index (κ3) is 6.61. The van der Waals surface area contributed by atoms with Crippen molar-refractivity contribution in [3.63, 3.8) is 0 Å². The average molecular weight is 456 g/mol. The Labute approximate surface area is 195 Å². The van der Waals surface area contributed by atoms with Gasteiger partial charge in [-0.2, -0.15) is 0 Å². The quantitative estimate of drug-likeness (QED) is 0.593. The van der Waals surface area contributed by atoms with Gasteiger partial charge < -0.3 is 29.3 Å². The Morgan fingerprint density at radius 3 is 2.45 bits per heavy atom. The highest BCUT2D eigenvalue weighted by Crippen LogP contribution is 2.28. The van der Waals surface area contributed by atoms with Gasteiger partial charge in [-0.3, -0.25) is 9.59 Å². The largest absolute Gasteiger partial charge is 0.490 e. The van der Waals surface area contributed by atoms with Crippen molar-refractivity contribution in [2.24, 2.45) is 0 Å². The molecule has 0 saturated carbocycles. The van der Waals surface area contributed by atoms with Crippen LogP contribution in [0.25, 0.3) is 0 Å². The molecule has 33 heavy (non-hydrogen) atoms. The van der Waals surface area contributed by atoms with Gasteiger partial charge in [-0.05, 0) is 43.7 Å². The number of carbonyl (C=O) groups is 2. The molecule has 0 radical (unpaired) electrons. The van der Waals surface area contributed by atoms with Gasteiger partial charge in [-0.1, -0.05) is 18.2 Å². The molecule has 0 atom stereocenters. The fraction of sp³-hybridized carbons (Fsp3) is 0.440. The Hall–Kier alpha value is -3.26. The minimum absolute atomic E-state index is 0.0910. The van der Waals surface area contributed by atoms with Crippen molar-refractivity contribution in [2.45, 2.75) is 20.4 Å². The molecule has 0 unspecified atom stereocenters. The van der Waals surface area contributed by atoms with E-state index in [4.69, 9.17) is 14.2 Å². The maximum Gasteiger partial charge on any atom is 0.251 e. The highest BCUT2D eigenvalue weighted by atomic mass is 16.5. The van der Waals surface area contributed by atoms with Gasteiger partial charge in [0.25, 0.3) is 5.91 Å². The van der Waals surface area contributed by atoms with Gasteiger partial charge in [0.1, 0.15) is 0 Å². The van der Waals surface area contributed by atoms with Crippen LogP contribution in [-0.2, 0) is 16.1 Å². The molecule has 2 aromatic carbocycles. The van der Waals surface area contributed by atoms with Crippen LogP contribution < -0.4 is 19.7 Å². The van der Waals surface area contributed by atoms with Crippen molar-refractivity contribution >= 4 is 17.5 Å². The number of hydrogen-bond acceptors (Lipinski definition) is 6. The molecule has 2 aromatic rings. The van der Waals surface area contributed by atoms with Crippen molar-refractivity contribution in [1.29, 1.82) is 0 Å². The van der Waals surface area contributed by atoms with Crippen LogP contribution in [0.4, 0.5) is 5.69 Å². The zero-order chi connectivity index (χ0) is 23.6. The average Bonchev–Trinajstić information content (AvgIpc) is 2.84. The Bertz CT molecular complexity index is 943. The van der Waals surface area contributed by atoms with Gasteiger partial charge in [0.15, 0.2) is 11.5 Å². The summed E-state index contributed by atoms with van der Waals surface area (Å²) in [5, 5.41) is 2.71. The predicted molar refractivity (Wildman–Crippen MR) is 127 cm³/mol. The van der Waals surface area contributed by atoms with E-state index in [1.54, 1.807) is 30.1 Å². The number of carbonyl (C=O) groups excluding carboxylic acids is 2. The lowest BCUT2D eigenvalue weighted by atomic mass is 10.1. The molecule has 0 bridgehead atoms. The van der Waals surface area contributed by atoms with Gasteiger partial charge in [0.2, 0.25) is 5.91 Å². The lowest BCUT2D eigenvalue weighted by molar-refractivity contribution is -0.129. The van der Waals surface area contributed by atoms with Crippen LogP contribution in [0.15, 0.2) is 42.5 Å². The molecular formula is C25H33N3O5. The highest BCUT2D eigenvalue weighted by molar-refractivity contribution is 5.97. The number of para-hydroxylation sites is 1. The number of anilines is 1. The molecule has 0 aromatic heterocycles. The summed E-state index contributed by atoms with van der Waals surface area (Å²) in [5.74, 6) is 0.589. The summed E-state index contributed by atoms with van der Waals surface area (Å²) in [6.07, 6.45) is 0. The summed E-state index contributed by atoms with van der Waals surface area (Å²) in [7, 11) is 1.74.